The van der Waals surface area contributed by atoms with Crippen molar-refractivity contribution >= 4 is 47.4 Å². The summed E-state index contributed by atoms with van der Waals surface area (Å²) < 4.78 is 0. The van der Waals surface area contributed by atoms with E-state index < -0.39 is 0 Å². The highest BCUT2D eigenvalue weighted by Crippen LogP contribution is 2.43. The summed E-state index contributed by atoms with van der Waals surface area (Å²) in [6, 6.07) is 16.0. The zero-order chi connectivity index (χ0) is 21.6. The third-order valence-corrected chi connectivity index (χ3v) is 6.12. The fraction of sp³-hybridized carbons (Fsp3) is 0.417. The van der Waals surface area contributed by atoms with Crippen molar-refractivity contribution in [2.24, 2.45) is 4.99 Å². The van der Waals surface area contributed by atoms with E-state index >= 15 is 0 Å². The summed E-state index contributed by atoms with van der Waals surface area (Å²) in [6.45, 7) is 1.59. The number of halogens is 2. The van der Waals surface area contributed by atoms with Gasteiger partial charge >= 0.3 is 0 Å². The number of carbonyl (C=O) groups excluding carboxylic acids is 1. The van der Waals surface area contributed by atoms with E-state index in [0.29, 0.717) is 0 Å². The van der Waals surface area contributed by atoms with Gasteiger partial charge in [-0.05, 0) is 54.7 Å². The quantitative estimate of drug-likeness (QED) is 0.301. The van der Waals surface area contributed by atoms with Crippen LogP contribution in [0.1, 0.15) is 40.7 Å². The standard InChI is InChI=1S/C24H31ClN4O.HI/c1-26-23(27-15-12-18-6-4-7-19(16-18)22(30)29(2)3)28-17-24(13-5-14-24)20-8-10-21(25)11-9-20;/h4,6-11,16H,5,12-15,17H2,1-3H3,(H2,26,27,28);1H. The molecule has 1 aliphatic rings. The predicted octanol–water partition coefficient (Wildman–Crippen LogP) is 4.49. The Balaban J connectivity index is 0.00000341. The van der Waals surface area contributed by atoms with Gasteiger partial charge in [0.05, 0.1) is 0 Å². The molecule has 1 fully saturated rings. The minimum absolute atomic E-state index is 0. The Morgan fingerprint density at radius 3 is 2.42 bits per heavy atom. The molecule has 2 aromatic rings. The lowest BCUT2D eigenvalue weighted by Crippen LogP contribution is -2.49. The molecule has 0 bridgehead atoms. The van der Waals surface area contributed by atoms with Gasteiger partial charge in [0.15, 0.2) is 5.96 Å². The first-order valence-electron chi connectivity index (χ1n) is 10.4. The molecule has 0 atom stereocenters. The molecular weight excluding hydrogens is 523 g/mol. The Kier molecular flexibility index (Phi) is 9.62. The van der Waals surface area contributed by atoms with Gasteiger partial charge in [0, 0.05) is 50.2 Å². The SMILES string of the molecule is CN=C(NCCc1cccc(C(=O)N(C)C)c1)NCC1(c2ccc(Cl)cc2)CCC1.I. The number of guanidine groups is 1. The molecule has 1 saturated carbocycles. The zero-order valence-corrected chi connectivity index (χ0v) is 21.5. The number of benzene rings is 2. The van der Waals surface area contributed by atoms with Gasteiger partial charge in [0.1, 0.15) is 0 Å². The van der Waals surface area contributed by atoms with Gasteiger partial charge < -0.3 is 15.5 Å². The first kappa shape index (κ1) is 25.5. The number of carbonyl (C=O) groups is 1. The van der Waals surface area contributed by atoms with Crippen LogP contribution in [0.3, 0.4) is 0 Å². The van der Waals surface area contributed by atoms with Gasteiger partial charge in [-0.2, -0.15) is 0 Å². The highest BCUT2D eigenvalue weighted by molar-refractivity contribution is 14.0. The average Bonchev–Trinajstić information content (AvgIpc) is 2.72. The molecule has 5 nitrogen and oxygen atoms in total. The second-order valence-corrected chi connectivity index (χ2v) is 8.58. The van der Waals surface area contributed by atoms with E-state index in [1.807, 2.05) is 36.4 Å². The van der Waals surface area contributed by atoms with Crippen LogP contribution in [0.5, 0.6) is 0 Å². The lowest BCUT2D eigenvalue weighted by atomic mass is 9.64. The van der Waals surface area contributed by atoms with E-state index in [1.165, 1.54) is 24.8 Å². The number of hydrogen-bond acceptors (Lipinski definition) is 2. The van der Waals surface area contributed by atoms with Gasteiger partial charge in [0.25, 0.3) is 5.91 Å². The van der Waals surface area contributed by atoms with Crippen LogP contribution in [-0.2, 0) is 11.8 Å². The van der Waals surface area contributed by atoms with E-state index in [0.717, 1.165) is 41.6 Å². The second kappa shape index (κ2) is 11.7. The topological polar surface area (TPSA) is 56.7 Å². The molecule has 0 spiro atoms. The number of rotatable bonds is 7. The highest BCUT2D eigenvalue weighted by Gasteiger charge is 2.38. The maximum atomic E-state index is 12.1. The van der Waals surface area contributed by atoms with Crippen molar-refractivity contribution in [2.45, 2.75) is 31.1 Å². The summed E-state index contributed by atoms with van der Waals surface area (Å²) in [5, 5.41) is 7.67. The summed E-state index contributed by atoms with van der Waals surface area (Å²) >= 11 is 6.06. The molecule has 1 aliphatic carbocycles. The van der Waals surface area contributed by atoms with Crippen LogP contribution < -0.4 is 10.6 Å². The molecule has 0 aliphatic heterocycles. The van der Waals surface area contributed by atoms with Crippen molar-refractivity contribution in [3.05, 3.63) is 70.2 Å². The third-order valence-electron chi connectivity index (χ3n) is 5.87. The number of amides is 1. The summed E-state index contributed by atoms with van der Waals surface area (Å²) in [6.07, 6.45) is 4.41. The Labute approximate surface area is 207 Å². The molecule has 1 amide bonds. The Bertz CT molecular complexity index is 895. The van der Waals surface area contributed by atoms with Crippen LogP contribution in [0.4, 0.5) is 0 Å². The molecule has 0 radical (unpaired) electrons. The lowest BCUT2D eigenvalue weighted by molar-refractivity contribution is 0.0827. The molecule has 31 heavy (non-hydrogen) atoms. The molecule has 0 aromatic heterocycles. The fourth-order valence-corrected chi connectivity index (χ4v) is 4.02. The minimum Gasteiger partial charge on any atom is -0.356 e. The van der Waals surface area contributed by atoms with Crippen molar-refractivity contribution in [3.8, 4) is 0 Å². The van der Waals surface area contributed by atoms with Gasteiger partial charge in [-0.25, -0.2) is 0 Å². The number of nitrogens with zero attached hydrogens (tertiary/aromatic N) is 2. The van der Waals surface area contributed by atoms with Crippen LogP contribution in [0, 0.1) is 0 Å². The number of nitrogens with one attached hydrogen (secondary N) is 2. The molecular formula is C24H32ClIN4O. The fourth-order valence-electron chi connectivity index (χ4n) is 3.89. The van der Waals surface area contributed by atoms with E-state index in [4.69, 9.17) is 11.6 Å². The largest absolute Gasteiger partial charge is 0.356 e. The van der Waals surface area contributed by atoms with Crippen LogP contribution in [0.15, 0.2) is 53.5 Å². The Morgan fingerprint density at radius 1 is 1.13 bits per heavy atom. The highest BCUT2D eigenvalue weighted by atomic mass is 127. The third kappa shape index (κ3) is 6.59. The van der Waals surface area contributed by atoms with Crippen LogP contribution in [0.25, 0.3) is 0 Å². The lowest BCUT2D eigenvalue weighted by Gasteiger charge is -2.43. The van der Waals surface area contributed by atoms with E-state index in [2.05, 4.69) is 27.8 Å². The van der Waals surface area contributed by atoms with Crippen molar-refractivity contribution < 1.29 is 4.79 Å². The molecule has 0 unspecified atom stereocenters. The number of hydrogen-bond donors (Lipinski definition) is 2. The normalized spacial score (nSPS) is 14.8. The second-order valence-electron chi connectivity index (χ2n) is 8.14. The molecule has 0 heterocycles. The van der Waals surface area contributed by atoms with E-state index in [-0.39, 0.29) is 35.3 Å². The van der Waals surface area contributed by atoms with Crippen LogP contribution in [-0.4, -0.2) is 51.0 Å². The molecule has 168 valence electrons. The molecule has 7 heteroatoms. The molecule has 3 rings (SSSR count). The van der Waals surface area contributed by atoms with Crippen molar-refractivity contribution in [3.63, 3.8) is 0 Å². The summed E-state index contributed by atoms with van der Waals surface area (Å²) in [7, 11) is 5.33. The Morgan fingerprint density at radius 2 is 1.84 bits per heavy atom. The summed E-state index contributed by atoms with van der Waals surface area (Å²) in [5.74, 6) is 0.825. The van der Waals surface area contributed by atoms with Gasteiger partial charge in [0.2, 0.25) is 0 Å². The maximum absolute atomic E-state index is 12.1. The smallest absolute Gasteiger partial charge is 0.253 e. The predicted molar refractivity (Wildman–Crippen MR) is 140 cm³/mol. The van der Waals surface area contributed by atoms with E-state index in [1.54, 1.807) is 26.0 Å². The summed E-state index contributed by atoms with van der Waals surface area (Å²) in [4.78, 5) is 18.1. The van der Waals surface area contributed by atoms with E-state index in [9.17, 15) is 4.79 Å². The zero-order valence-electron chi connectivity index (χ0n) is 18.5. The molecule has 2 N–H and O–H groups in total. The van der Waals surface area contributed by atoms with Crippen LogP contribution in [0.2, 0.25) is 5.02 Å². The van der Waals surface area contributed by atoms with Gasteiger partial charge in [-0.1, -0.05) is 42.3 Å². The summed E-state index contributed by atoms with van der Waals surface area (Å²) in [5.41, 5.74) is 3.34. The first-order chi connectivity index (χ1) is 14.4. The Hall–Kier alpha value is -1.80. The minimum atomic E-state index is 0. The number of aliphatic imine (C=N–C) groups is 1. The van der Waals surface area contributed by atoms with Crippen molar-refractivity contribution in [2.75, 3.05) is 34.2 Å². The van der Waals surface area contributed by atoms with Crippen molar-refractivity contribution in [1.82, 2.24) is 15.5 Å². The first-order valence-corrected chi connectivity index (χ1v) is 10.8. The van der Waals surface area contributed by atoms with Gasteiger partial charge in [-0.3, -0.25) is 9.79 Å². The molecule has 2 aromatic carbocycles. The molecule has 0 saturated heterocycles. The maximum Gasteiger partial charge on any atom is 0.253 e. The van der Waals surface area contributed by atoms with Crippen LogP contribution >= 0.6 is 35.6 Å². The van der Waals surface area contributed by atoms with Gasteiger partial charge in [-0.15, -0.1) is 24.0 Å². The monoisotopic (exact) mass is 554 g/mol. The average molecular weight is 555 g/mol. The van der Waals surface area contributed by atoms with Crippen molar-refractivity contribution in [1.29, 1.82) is 0 Å².